The van der Waals surface area contributed by atoms with Crippen molar-refractivity contribution in [3.05, 3.63) is 65.5 Å². The van der Waals surface area contributed by atoms with E-state index in [1.54, 1.807) is 24.1 Å². The van der Waals surface area contributed by atoms with E-state index < -0.39 is 0 Å². The second-order valence-electron chi connectivity index (χ2n) is 6.54. The number of carbonyl (C=O) groups is 1. The van der Waals surface area contributed by atoms with Gasteiger partial charge in [-0.05, 0) is 29.8 Å². The van der Waals surface area contributed by atoms with Crippen molar-refractivity contribution in [2.24, 2.45) is 5.16 Å². The van der Waals surface area contributed by atoms with E-state index in [0.29, 0.717) is 30.8 Å². The molecule has 0 aromatic heterocycles. The van der Waals surface area contributed by atoms with Gasteiger partial charge < -0.3 is 19.2 Å². The van der Waals surface area contributed by atoms with E-state index in [1.165, 1.54) is 19.2 Å². The summed E-state index contributed by atoms with van der Waals surface area (Å²) in [5.41, 5.74) is 2.29. The molecule has 2 aromatic rings. The number of ether oxygens (including phenoxy) is 2. The predicted octanol–water partition coefficient (Wildman–Crippen LogP) is 3.00. The van der Waals surface area contributed by atoms with Crippen LogP contribution in [-0.4, -0.2) is 50.0 Å². The Morgan fingerprint density at radius 2 is 2.07 bits per heavy atom. The summed E-state index contributed by atoms with van der Waals surface area (Å²) >= 11 is 0. The van der Waals surface area contributed by atoms with Crippen LogP contribution in [-0.2, 0) is 20.9 Å². The molecule has 1 atom stereocenters. The zero-order chi connectivity index (χ0) is 19.9. The van der Waals surface area contributed by atoms with Gasteiger partial charge >= 0.3 is 0 Å². The Hall–Kier alpha value is -2.93. The first-order valence-corrected chi connectivity index (χ1v) is 8.97. The van der Waals surface area contributed by atoms with Gasteiger partial charge in [0.2, 0.25) is 5.91 Å². The van der Waals surface area contributed by atoms with Crippen molar-refractivity contribution in [2.45, 2.75) is 19.1 Å². The fourth-order valence-electron chi connectivity index (χ4n) is 3.07. The van der Waals surface area contributed by atoms with Crippen LogP contribution in [0.15, 0.2) is 53.7 Å². The Labute approximate surface area is 163 Å². The maximum Gasteiger partial charge on any atom is 0.248 e. The normalized spacial score (nSPS) is 15.7. The summed E-state index contributed by atoms with van der Waals surface area (Å²) in [4.78, 5) is 19.7. The van der Waals surface area contributed by atoms with Crippen LogP contribution < -0.4 is 4.74 Å². The number of hydrogen-bond acceptors (Lipinski definition) is 5. The van der Waals surface area contributed by atoms with Crippen LogP contribution >= 0.6 is 0 Å². The Kier molecular flexibility index (Phi) is 6.60. The molecule has 0 unspecified atom stereocenters. The summed E-state index contributed by atoms with van der Waals surface area (Å²) in [7, 11) is 3.09. The molecule has 0 spiro atoms. The van der Waals surface area contributed by atoms with Gasteiger partial charge in [0.15, 0.2) is 6.10 Å². The predicted molar refractivity (Wildman–Crippen MR) is 103 cm³/mol. The molecule has 28 heavy (non-hydrogen) atoms. The standard InChI is InChI=1S/C21H23FN2O4/c1-26-14-21(25)24(12-15-5-3-8-18(9-15)27-2)13-19-11-20(23-28-19)16-6-4-7-17(22)10-16/h3-10,19H,11-14H2,1-2H3/t19-/m0/s1. The number of benzene rings is 2. The Morgan fingerprint density at radius 1 is 1.25 bits per heavy atom. The summed E-state index contributed by atoms with van der Waals surface area (Å²) in [5.74, 6) is 0.261. The van der Waals surface area contributed by atoms with E-state index in [0.717, 1.165) is 11.3 Å². The summed E-state index contributed by atoms with van der Waals surface area (Å²) in [6, 6.07) is 13.8. The van der Waals surface area contributed by atoms with Crippen LogP contribution in [0.1, 0.15) is 17.5 Å². The van der Waals surface area contributed by atoms with Crippen molar-refractivity contribution in [1.29, 1.82) is 0 Å². The first-order chi connectivity index (χ1) is 13.6. The maximum absolute atomic E-state index is 13.4. The molecule has 148 valence electrons. The molecule has 0 fully saturated rings. The van der Waals surface area contributed by atoms with Crippen molar-refractivity contribution >= 4 is 11.6 Å². The summed E-state index contributed by atoms with van der Waals surface area (Å²) < 4.78 is 23.7. The molecular weight excluding hydrogens is 363 g/mol. The Morgan fingerprint density at radius 3 is 2.82 bits per heavy atom. The number of amides is 1. The van der Waals surface area contributed by atoms with E-state index in [1.807, 2.05) is 24.3 Å². The zero-order valence-corrected chi connectivity index (χ0v) is 15.9. The first-order valence-electron chi connectivity index (χ1n) is 8.97. The number of carbonyl (C=O) groups excluding carboxylic acids is 1. The van der Waals surface area contributed by atoms with Gasteiger partial charge in [-0.2, -0.15) is 0 Å². The zero-order valence-electron chi connectivity index (χ0n) is 15.9. The molecule has 3 rings (SSSR count). The molecule has 1 aliphatic heterocycles. The van der Waals surface area contributed by atoms with Gasteiger partial charge in [0, 0.05) is 25.6 Å². The molecule has 0 saturated carbocycles. The number of oxime groups is 1. The van der Waals surface area contributed by atoms with Crippen LogP contribution in [0.4, 0.5) is 4.39 Å². The van der Waals surface area contributed by atoms with Crippen molar-refractivity contribution < 1.29 is 23.5 Å². The minimum Gasteiger partial charge on any atom is -0.497 e. The lowest BCUT2D eigenvalue weighted by molar-refractivity contribution is -0.137. The third-order valence-electron chi connectivity index (χ3n) is 4.44. The van der Waals surface area contributed by atoms with E-state index in [9.17, 15) is 9.18 Å². The maximum atomic E-state index is 13.4. The van der Waals surface area contributed by atoms with Gasteiger partial charge in [0.25, 0.3) is 0 Å². The van der Waals surface area contributed by atoms with Gasteiger partial charge in [-0.1, -0.05) is 29.4 Å². The van der Waals surface area contributed by atoms with Gasteiger partial charge in [-0.15, -0.1) is 0 Å². The monoisotopic (exact) mass is 386 g/mol. The van der Waals surface area contributed by atoms with Gasteiger partial charge in [0.05, 0.1) is 19.4 Å². The summed E-state index contributed by atoms with van der Waals surface area (Å²) in [6.07, 6.45) is 0.197. The number of hydrogen-bond donors (Lipinski definition) is 0. The molecule has 1 aliphatic rings. The average molecular weight is 386 g/mol. The molecule has 7 heteroatoms. The number of halogens is 1. The lowest BCUT2D eigenvalue weighted by Crippen LogP contribution is -2.39. The highest BCUT2D eigenvalue weighted by Gasteiger charge is 2.27. The minimum absolute atomic E-state index is 0.0195. The molecule has 0 radical (unpaired) electrons. The number of rotatable bonds is 8. The fraction of sp³-hybridized carbons (Fsp3) is 0.333. The highest BCUT2D eigenvalue weighted by molar-refractivity contribution is 6.01. The van der Waals surface area contributed by atoms with Crippen molar-refractivity contribution in [2.75, 3.05) is 27.4 Å². The molecule has 1 amide bonds. The molecular formula is C21H23FN2O4. The van der Waals surface area contributed by atoms with E-state index in [2.05, 4.69) is 5.16 Å². The average Bonchev–Trinajstić information content (AvgIpc) is 3.16. The fourth-order valence-corrected chi connectivity index (χ4v) is 3.07. The van der Waals surface area contributed by atoms with Gasteiger partial charge in [-0.25, -0.2) is 4.39 Å². The number of methoxy groups -OCH3 is 2. The second-order valence-corrected chi connectivity index (χ2v) is 6.54. The number of nitrogens with zero attached hydrogens (tertiary/aromatic N) is 2. The van der Waals surface area contributed by atoms with Crippen LogP contribution in [0, 0.1) is 5.82 Å². The SMILES string of the molecule is COCC(=O)N(Cc1cccc(OC)c1)C[C@@H]1CC(c2cccc(F)c2)=NO1. The summed E-state index contributed by atoms with van der Waals surface area (Å²) in [5, 5.41) is 4.08. The lowest BCUT2D eigenvalue weighted by atomic mass is 10.0. The van der Waals surface area contributed by atoms with Crippen molar-refractivity contribution in [3.8, 4) is 5.75 Å². The highest BCUT2D eigenvalue weighted by atomic mass is 19.1. The lowest BCUT2D eigenvalue weighted by Gasteiger charge is -2.25. The van der Waals surface area contributed by atoms with E-state index in [4.69, 9.17) is 14.3 Å². The second kappa shape index (κ2) is 9.32. The van der Waals surface area contributed by atoms with Gasteiger partial charge in [-0.3, -0.25) is 4.79 Å². The molecule has 0 N–H and O–H groups in total. The highest BCUT2D eigenvalue weighted by Crippen LogP contribution is 2.20. The van der Waals surface area contributed by atoms with Crippen LogP contribution in [0.3, 0.4) is 0 Å². The van der Waals surface area contributed by atoms with E-state index >= 15 is 0 Å². The Balaban J connectivity index is 1.67. The first kappa shape index (κ1) is 19.8. The third-order valence-corrected chi connectivity index (χ3v) is 4.44. The quantitative estimate of drug-likeness (QED) is 0.700. The van der Waals surface area contributed by atoms with Crippen molar-refractivity contribution in [3.63, 3.8) is 0 Å². The van der Waals surface area contributed by atoms with Gasteiger partial charge in [0.1, 0.15) is 18.2 Å². The molecule has 2 aromatic carbocycles. The molecule has 6 nitrogen and oxygen atoms in total. The minimum atomic E-state index is -0.321. The van der Waals surface area contributed by atoms with Crippen LogP contribution in [0.2, 0.25) is 0 Å². The van der Waals surface area contributed by atoms with Crippen LogP contribution in [0.25, 0.3) is 0 Å². The Bertz CT molecular complexity index is 856. The molecule has 0 saturated heterocycles. The summed E-state index contributed by atoms with van der Waals surface area (Å²) in [6.45, 7) is 0.727. The molecule has 0 aliphatic carbocycles. The topological polar surface area (TPSA) is 60.4 Å². The van der Waals surface area contributed by atoms with Crippen molar-refractivity contribution in [1.82, 2.24) is 4.90 Å². The largest absolute Gasteiger partial charge is 0.497 e. The van der Waals surface area contributed by atoms with E-state index in [-0.39, 0.29) is 24.4 Å². The molecule has 1 heterocycles. The third kappa shape index (κ3) is 5.07. The van der Waals surface area contributed by atoms with Crippen LogP contribution in [0.5, 0.6) is 5.75 Å². The smallest absolute Gasteiger partial charge is 0.248 e. The molecule has 0 bridgehead atoms.